The van der Waals surface area contributed by atoms with Crippen LogP contribution in [0.1, 0.15) is 79.1 Å². The van der Waals surface area contributed by atoms with Crippen LogP contribution < -0.4 is 5.32 Å². The van der Waals surface area contributed by atoms with E-state index in [9.17, 15) is 0 Å². The standard InChI is InChI=1S/C19H38N2/c1-5-10-18(4,15-20-17-8-9-17)16-21-13-11-19(6-2,7-3)12-14-21/h17,20H,5-16H2,1-4H3. The minimum Gasteiger partial charge on any atom is -0.313 e. The zero-order valence-electron chi connectivity index (χ0n) is 15.0. The van der Waals surface area contributed by atoms with Gasteiger partial charge >= 0.3 is 0 Å². The Morgan fingerprint density at radius 1 is 1.10 bits per heavy atom. The predicted octanol–water partition coefficient (Wildman–Crippen LogP) is 4.45. The fourth-order valence-electron chi connectivity index (χ4n) is 4.19. The molecule has 1 heterocycles. The van der Waals surface area contributed by atoms with E-state index in [0.29, 0.717) is 10.8 Å². The summed E-state index contributed by atoms with van der Waals surface area (Å²) in [4.78, 5) is 2.76. The summed E-state index contributed by atoms with van der Waals surface area (Å²) in [6, 6.07) is 0.843. The van der Waals surface area contributed by atoms with Gasteiger partial charge in [-0.25, -0.2) is 0 Å². The van der Waals surface area contributed by atoms with E-state index in [0.717, 1.165) is 6.04 Å². The van der Waals surface area contributed by atoms with E-state index in [-0.39, 0.29) is 0 Å². The molecule has 2 heteroatoms. The van der Waals surface area contributed by atoms with Crippen molar-refractivity contribution in [3.63, 3.8) is 0 Å². The van der Waals surface area contributed by atoms with E-state index in [2.05, 4.69) is 37.9 Å². The minimum absolute atomic E-state index is 0.468. The van der Waals surface area contributed by atoms with Crippen LogP contribution in [0.25, 0.3) is 0 Å². The van der Waals surface area contributed by atoms with Gasteiger partial charge in [0.15, 0.2) is 0 Å². The molecule has 2 rings (SSSR count). The van der Waals surface area contributed by atoms with Crippen LogP contribution in [0.15, 0.2) is 0 Å². The number of nitrogens with one attached hydrogen (secondary N) is 1. The summed E-state index contributed by atoms with van der Waals surface area (Å²) in [6.45, 7) is 14.8. The van der Waals surface area contributed by atoms with Gasteiger partial charge in [0.25, 0.3) is 0 Å². The smallest absolute Gasteiger partial charge is 0.00684 e. The molecule has 0 bridgehead atoms. The molecule has 1 saturated carbocycles. The highest BCUT2D eigenvalue weighted by Gasteiger charge is 2.35. The Labute approximate surface area is 133 Å². The highest BCUT2D eigenvalue weighted by atomic mass is 15.1. The molecule has 1 aliphatic carbocycles. The second kappa shape index (κ2) is 7.46. The fraction of sp³-hybridized carbons (Fsp3) is 1.00. The number of piperidine rings is 1. The van der Waals surface area contributed by atoms with E-state index in [1.54, 1.807) is 0 Å². The molecule has 0 aromatic heterocycles. The molecule has 1 unspecified atom stereocenters. The van der Waals surface area contributed by atoms with Gasteiger partial charge in [-0.1, -0.05) is 47.0 Å². The first-order valence-corrected chi connectivity index (χ1v) is 9.50. The molecule has 1 aliphatic heterocycles. The molecule has 0 radical (unpaired) electrons. The van der Waals surface area contributed by atoms with Crippen molar-refractivity contribution in [3.05, 3.63) is 0 Å². The lowest BCUT2D eigenvalue weighted by Gasteiger charge is -2.44. The summed E-state index contributed by atoms with van der Waals surface area (Å²) in [6.07, 6.45) is 11.0. The second-order valence-electron chi connectivity index (χ2n) is 8.20. The van der Waals surface area contributed by atoms with Crippen LogP contribution in [0.4, 0.5) is 0 Å². The predicted molar refractivity (Wildman–Crippen MR) is 92.7 cm³/mol. The van der Waals surface area contributed by atoms with E-state index >= 15 is 0 Å². The SMILES string of the molecule is CCCC(C)(CNC1CC1)CN1CCC(CC)(CC)CC1. The second-order valence-corrected chi connectivity index (χ2v) is 8.20. The largest absolute Gasteiger partial charge is 0.313 e. The van der Waals surface area contributed by atoms with Crippen molar-refractivity contribution in [2.75, 3.05) is 26.2 Å². The van der Waals surface area contributed by atoms with Gasteiger partial charge in [0.2, 0.25) is 0 Å². The van der Waals surface area contributed by atoms with Crippen molar-refractivity contribution >= 4 is 0 Å². The monoisotopic (exact) mass is 294 g/mol. The van der Waals surface area contributed by atoms with Crippen molar-refractivity contribution in [2.24, 2.45) is 10.8 Å². The third-order valence-electron chi connectivity index (χ3n) is 6.27. The molecule has 0 aromatic rings. The number of likely N-dealkylation sites (tertiary alicyclic amines) is 1. The first-order chi connectivity index (χ1) is 10.0. The zero-order chi connectivity index (χ0) is 15.3. The minimum atomic E-state index is 0.468. The molecule has 1 saturated heterocycles. The first-order valence-electron chi connectivity index (χ1n) is 9.50. The van der Waals surface area contributed by atoms with Crippen LogP contribution in [0.3, 0.4) is 0 Å². The molecular weight excluding hydrogens is 256 g/mol. The maximum absolute atomic E-state index is 3.78. The van der Waals surface area contributed by atoms with E-state index < -0.39 is 0 Å². The molecule has 21 heavy (non-hydrogen) atoms. The Morgan fingerprint density at radius 3 is 2.19 bits per heavy atom. The van der Waals surface area contributed by atoms with Crippen molar-refractivity contribution in [1.82, 2.24) is 10.2 Å². The Morgan fingerprint density at radius 2 is 1.71 bits per heavy atom. The molecule has 2 fully saturated rings. The van der Waals surface area contributed by atoms with Crippen LogP contribution in [-0.2, 0) is 0 Å². The van der Waals surface area contributed by atoms with Crippen LogP contribution in [0.5, 0.6) is 0 Å². The molecule has 124 valence electrons. The topological polar surface area (TPSA) is 15.3 Å². The quantitative estimate of drug-likeness (QED) is 0.676. The van der Waals surface area contributed by atoms with E-state index in [1.165, 1.54) is 77.5 Å². The number of rotatable bonds is 9. The lowest BCUT2D eigenvalue weighted by molar-refractivity contribution is 0.0611. The molecule has 1 atom stereocenters. The molecule has 2 nitrogen and oxygen atoms in total. The third kappa shape index (κ3) is 4.96. The van der Waals surface area contributed by atoms with Gasteiger partial charge in [-0.2, -0.15) is 0 Å². The van der Waals surface area contributed by atoms with Gasteiger partial charge in [0.05, 0.1) is 0 Å². The summed E-state index contributed by atoms with van der Waals surface area (Å²) >= 11 is 0. The van der Waals surface area contributed by atoms with E-state index in [1.807, 2.05) is 0 Å². The maximum Gasteiger partial charge on any atom is 0.00684 e. The lowest BCUT2D eigenvalue weighted by Crippen LogP contribution is -2.47. The molecular formula is C19H38N2. The third-order valence-corrected chi connectivity index (χ3v) is 6.27. The molecule has 0 aromatic carbocycles. The lowest BCUT2D eigenvalue weighted by atomic mass is 9.73. The van der Waals surface area contributed by atoms with Crippen molar-refractivity contribution in [1.29, 1.82) is 0 Å². The number of hydrogen-bond acceptors (Lipinski definition) is 2. The summed E-state index contributed by atoms with van der Waals surface area (Å²) in [7, 11) is 0. The van der Waals surface area contributed by atoms with Crippen LogP contribution >= 0.6 is 0 Å². The van der Waals surface area contributed by atoms with Gasteiger partial charge in [-0.05, 0) is 56.0 Å². The summed E-state index contributed by atoms with van der Waals surface area (Å²) in [5, 5.41) is 3.78. The Bertz CT molecular complexity index is 297. The average Bonchev–Trinajstić information content (AvgIpc) is 3.31. The molecule has 2 aliphatic rings. The molecule has 0 amide bonds. The van der Waals surface area contributed by atoms with Gasteiger partial charge in [-0.3, -0.25) is 0 Å². The van der Waals surface area contributed by atoms with Gasteiger partial charge in [0.1, 0.15) is 0 Å². The van der Waals surface area contributed by atoms with Gasteiger partial charge in [-0.15, -0.1) is 0 Å². The summed E-state index contributed by atoms with van der Waals surface area (Å²) < 4.78 is 0. The number of nitrogens with zero attached hydrogens (tertiary/aromatic N) is 1. The van der Waals surface area contributed by atoms with Crippen LogP contribution in [0.2, 0.25) is 0 Å². The van der Waals surface area contributed by atoms with Crippen LogP contribution in [0, 0.1) is 10.8 Å². The van der Waals surface area contributed by atoms with Gasteiger partial charge in [0, 0.05) is 19.1 Å². The van der Waals surface area contributed by atoms with Crippen molar-refractivity contribution in [3.8, 4) is 0 Å². The highest BCUT2D eigenvalue weighted by Crippen LogP contribution is 2.39. The fourth-order valence-corrected chi connectivity index (χ4v) is 4.19. The Hall–Kier alpha value is -0.0800. The summed E-state index contributed by atoms with van der Waals surface area (Å²) in [5.74, 6) is 0. The molecule has 1 N–H and O–H groups in total. The van der Waals surface area contributed by atoms with Crippen molar-refractivity contribution < 1.29 is 0 Å². The Balaban J connectivity index is 1.82. The van der Waals surface area contributed by atoms with E-state index in [4.69, 9.17) is 0 Å². The Kier molecular flexibility index (Phi) is 6.14. The van der Waals surface area contributed by atoms with Gasteiger partial charge < -0.3 is 10.2 Å². The van der Waals surface area contributed by atoms with Crippen LogP contribution in [-0.4, -0.2) is 37.1 Å². The number of hydrogen-bond donors (Lipinski definition) is 1. The zero-order valence-corrected chi connectivity index (χ0v) is 15.0. The first kappa shape index (κ1) is 17.3. The average molecular weight is 295 g/mol. The summed E-state index contributed by atoms with van der Waals surface area (Å²) in [5.41, 5.74) is 1.12. The maximum atomic E-state index is 3.78. The normalized spacial score (nSPS) is 25.7. The highest BCUT2D eigenvalue weighted by molar-refractivity contribution is 4.90. The molecule has 0 spiro atoms. The van der Waals surface area contributed by atoms with Crippen molar-refractivity contribution in [2.45, 2.75) is 85.1 Å².